The van der Waals surface area contributed by atoms with Crippen molar-refractivity contribution in [3.05, 3.63) is 45.9 Å². The number of rotatable bonds is 7. The number of hydrogen-bond donors (Lipinski definition) is 1. The SMILES string of the molecule is CC=C(SC(C(=O)O)=C(C)C)c1ccc(OCC(C)C)c(C#N)c1. The molecule has 0 radical (unpaired) electrons. The Hall–Kier alpha value is -2.19. The molecule has 1 rings (SSSR count). The van der Waals surface area contributed by atoms with Crippen LogP contribution in [0.2, 0.25) is 0 Å². The summed E-state index contributed by atoms with van der Waals surface area (Å²) in [7, 11) is 0. The molecular weight excluding hydrogens is 322 g/mol. The summed E-state index contributed by atoms with van der Waals surface area (Å²) >= 11 is 1.19. The van der Waals surface area contributed by atoms with Crippen molar-refractivity contribution >= 4 is 22.6 Å². The molecule has 0 unspecified atom stereocenters. The molecular formula is C19H23NO3S. The molecule has 0 aliphatic heterocycles. The van der Waals surface area contributed by atoms with Crippen LogP contribution in [0.15, 0.2) is 34.8 Å². The van der Waals surface area contributed by atoms with Gasteiger partial charge in [-0.25, -0.2) is 4.79 Å². The first-order valence-electron chi connectivity index (χ1n) is 7.72. The highest BCUT2D eigenvalue weighted by Crippen LogP contribution is 2.36. The van der Waals surface area contributed by atoms with Gasteiger partial charge in [-0.1, -0.05) is 43.3 Å². The number of thioether (sulfide) groups is 1. The number of hydrogen-bond acceptors (Lipinski definition) is 4. The first kappa shape index (κ1) is 19.9. The molecule has 24 heavy (non-hydrogen) atoms. The summed E-state index contributed by atoms with van der Waals surface area (Å²) in [5.74, 6) is -0.0264. The van der Waals surface area contributed by atoms with Crippen LogP contribution in [0.3, 0.4) is 0 Å². The minimum atomic E-state index is -0.947. The monoisotopic (exact) mass is 345 g/mol. The van der Waals surface area contributed by atoms with E-state index in [0.29, 0.717) is 28.7 Å². The van der Waals surface area contributed by atoms with E-state index in [0.717, 1.165) is 16.0 Å². The Morgan fingerprint density at radius 3 is 2.54 bits per heavy atom. The summed E-state index contributed by atoms with van der Waals surface area (Å²) in [5, 5.41) is 18.7. The molecule has 0 spiro atoms. The van der Waals surface area contributed by atoms with Crippen LogP contribution in [0.5, 0.6) is 5.75 Å². The van der Waals surface area contributed by atoms with Crippen LogP contribution in [0.4, 0.5) is 0 Å². The summed E-state index contributed by atoms with van der Waals surface area (Å²) in [6.45, 7) is 10.0. The van der Waals surface area contributed by atoms with Crippen molar-refractivity contribution < 1.29 is 14.6 Å². The average Bonchev–Trinajstić information content (AvgIpc) is 2.53. The number of carboxylic acids is 1. The third-order valence-corrected chi connectivity index (χ3v) is 4.56. The Balaban J connectivity index is 3.14. The molecule has 1 aromatic carbocycles. The van der Waals surface area contributed by atoms with Gasteiger partial charge in [-0.2, -0.15) is 5.26 Å². The van der Waals surface area contributed by atoms with Gasteiger partial charge in [0.05, 0.1) is 17.1 Å². The fraction of sp³-hybridized carbons (Fsp3) is 0.368. The van der Waals surface area contributed by atoms with E-state index in [1.54, 1.807) is 26.0 Å². The Labute approximate surface area is 147 Å². The zero-order valence-corrected chi connectivity index (χ0v) is 15.5. The van der Waals surface area contributed by atoms with E-state index in [1.807, 2.05) is 32.9 Å². The van der Waals surface area contributed by atoms with Crippen molar-refractivity contribution in [1.29, 1.82) is 5.26 Å². The molecule has 4 nitrogen and oxygen atoms in total. The number of nitriles is 1. The number of aliphatic carboxylic acids is 1. The average molecular weight is 345 g/mol. The number of carboxylic acid groups (broad SMARTS) is 1. The van der Waals surface area contributed by atoms with Crippen LogP contribution < -0.4 is 4.74 Å². The van der Waals surface area contributed by atoms with E-state index >= 15 is 0 Å². The maximum absolute atomic E-state index is 11.4. The molecule has 1 N–H and O–H groups in total. The van der Waals surface area contributed by atoms with Crippen molar-refractivity contribution in [2.24, 2.45) is 5.92 Å². The molecule has 0 bridgehead atoms. The molecule has 0 amide bonds. The largest absolute Gasteiger partial charge is 0.492 e. The van der Waals surface area contributed by atoms with Gasteiger partial charge in [0.1, 0.15) is 11.8 Å². The summed E-state index contributed by atoms with van der Waals surface area (Å²) in [4.78, 5) is 12.5. The van der Waals surface area contributed by atoms with Gasteiger partial charge in [0.2, 0.25) is 0 Å². The second-order valence-electron chi connectivity index (χ2n) is 5.92. The van der Waals surface area contributed by atoms with E-state index < -0.39 is 5.97 Å². The fourth-order valence-electron chi connectivity index (χ4n) is 1.91. The normalized spacial score (nSPS) is 11.1. The Morgan fingerprint density at radius 1 is 1.42 bits per heavy atom. The number of allylic oxidation sites excluding steroid dienone is 2. The predicted molar refractivity (Wildman–Crippen MR) is 98.7 cm³/mol. The zero-order valence-electron chi connectivity index (χ0n) is 14.7. The standard InChI is InChI=1S/C19H23NO3S/c1-6-17(24-18(13(4)5)19(21)22)14-7-8-16(15(9-14)10-20)23-11-12(2)3/h6-9,12H,11H2,1-5H3,(H,21,22). The number of benzene rings is 1. The molecule has 0 heterocycles. The summed E-state index contributed by atoms with van der Waals surface area (Å²) < 4.78 is 5.66. The predicted octanol–water partition coefficient (Wildman–Crippen LogP) is 5.07. The lowest BCUT2D eigenvalue weighted by Crippen LogP contribution is -2.05. The molecule has 128 valence electrons. The second kappa shape index (κ2) is 9.19. The topological polar surface area (TPSA) is 70.3 Å². The third-order valence-electron chi connectivity index (χ3n) is 3.08. The highest BCUT2D eigenvalue weighted by atomic mass is 32.2. The molecule has 0 aliphatic rings. The van der Waals surface area contributed by atoms with Gasteiger partial charge in [-0.3, -0.25) is 0 Å². The van der Waals surface area contributed by atoms with Crippen molar-refractivity contribution in [1.82, 2.24) is 0 Å². The summed E-state index contributed by atoms with van der Waals surface area (Å²) in [6.07, 6.45) is 1.85. The van der Waals surface area contributed by atoms with Crippen LogP contribution >= 0.6 is 11.8 Å². The number of carbonyl (C=O) groups is 1. The third kappa shape index (κ3) is 5.47. The van der Waals surface area contributed by atoms with E-state index in [9.17, 15) is 15.2 Å². The van der Waals surface area contributed by atoms with Gasteiger partial charge in [-0.15, -0.1) is 0 Å². The fourth-order valence-corrected chi connectivity index (χ4v) is 2.78. The van der Waals surface area contributed by atoms with Crippen molar-refractivity contribution in [2.75, 3.05) is 6.61 Å². The number of nitrogens with zero attached hydrogens (tertiary/aromatic N) is 1. The van der Waals surface area contributed by atoms with E-state index in [4.69, 9.17) is 4.74 Å². The van der Waals surface area contributed by atoms with E-state index in [1.165, 1.54) is 11.8 Å². The van der Waals surface area contributed by atoms with E-state index in [2.05, 4.69) is 6.07 Å². The lowest BCUT2D eigenvalue weighted by molar-refractivity contribution is -0.131. The molecule has 0 aromatic heterocycles. The Morgan fingerprint density at radius 2 is 2.08 bits per heavy atom. The Bertz CT molecular complexity index is 708. The summed E-state index contributed by atoms with van der Waals surface area (Å²) in [6, 6.07) is 7.50. The molecule has 1 aromatic rings. The molecule has 0 fully saturated rings. The van der Waals surface area contributed by atoms with Crippen LogP contribution in [0.25, 0.3) is 4.91 Å². The van der Waals surface area contributed by atoms with Gasteiger partial charge in [0.25, 0.3) is 0 Å². The van der Waals surface area contributed by atoms with Crippen LogP contribution in [-0.4, -0.2) is 17.7 Å². The van der Waals surface area contributed by atoms with Crippen molar-refractivity contribution in [2.45, 2.75) is 34.6 Å². The van der Waals surface area contributed by atoms with Crippen molar-refractivity contribution in [3.8, 4) is 11.8 Å². The highest BCUT2D eigenvalue weighted by molar-refractivity contribution is 8.12. The lowest BCUT2D eigenvalue weighted by Gasteiger charge is -2.13. The first-order chi connectivity index (χ1) is 11.3. The quantitative estimate of drug-likeness (QED) is 0.699. The van der Waals surface area contributed by atoms with Gasteiger partial charge >= 0.3 is 5.97 Å². The minimum absolute atomic E-state index is 0.293. The maximum atomic E-state index is 11.4. The van der Waals surface area contributed by atoms with Gasteiger partial charge in [0.15, 0.2) is 0 Å². The minimum Gasteiger partial charge on any atom is -0.492 e. The maximum Gasteiger partial charge on any atom is 0.342 e. The highest BCUT2D eigenvalue weighted by Gasteiger charge is 2.15. The summed E-state index contributed by atoms with van der Waals surface area (Å²) in [5.41, 5.74) is 1.99. The van der Waals surface area contributed by atoms with Crippen molar-refractivity contribution in [3.63, 3.8) is 0 Å². The van der Waals surface area contributed by atoms with Crippen LogP contribution in [0.1, 0.15) is 45.7 Å². The smallest absolute Gasteiger partial charge is 0.342 e. The Kier molecular flexibility index (Phi) is 7.60. The molecule has 5 heteroatoms. The molecule has 0 aliphatic carbocycles. The van der Waals surface area contributed by atoms with Gasteiger partial charge in [0, 0.05) is 4.91 Å². The second-order valence-corrected chi connectivity index (χ2v) is 6.97. The molecule has 0 saturated heterocycles. The van der Waals surface area contributed by atoms with Gasteiger partial charge < -0.3 is 9.84 Å². The van der Waals surface area contributed by atoms with Crippen LogP contribution in [-0.2, 0) is 4.79 Å². The number of ether oxygens (including phenoxy) is 1. The molecule has 0 saturated carbocycles. The lowest BCUT2D eigenvalue weighted by atomic mass is 10.1. The zero-order chi connectivity index (χ0) is 18.3. The molecule has 0 atom stereocenters. The first-order valence-corrected chi connectivity index (χ1v) is 8.54. The van der Waals surface area contributed by atoms with Gasteiger partial charge in [-0.05, 0) is 44.4 Å². The van der Waals surface area contributed by atoms with E-state index in [-0.39, 0.29) is 0 Å². The van der Waals surface area contributed by atoms with Crippen LogP contribution in [0, 0.1) is 17.2 Å².